The molecule has 2 N–H and O–H groups in total. The summed E-state index contributed by atoms with van der Waals surface area (Å²) in [7, 11) is 0. The number of hydrogen-bond donors (Lipinski definition) is 1. The fourth-order valence-electron chi connectivity index (χ4n) is 2.38. The molecule has 1 aliphatic heterocycles. The monoisotopic (exact) mass is 282 g/mol. The van der Waals surface area contributed by atoms with E-state index < -0.39 is 0 Å². The van der Waals surface area contributed by atoms with E-state index in [1.54, 1.807) is 0 Å². The van der Waals surface area contributed by atoms with Gasteiger partial charge in [0.2, 0.25) is 0 Å². The van der Waals surface area contributed by atoms with Crippen molar-refractivity contribution < 1.29 is 9.53 Å². The second kappa shape index (κ2) is 5.51. The lowest BCUT2D eigenvalue weighted by atomic mass is 10.0. The van der Waals surface area contributed by atoms with Crippen molar-refractivity contribution in [3.8, 4) is 0 Å². The maximum absolute atomic E-state index is 12.1. The van der Waals surface area contributed by atoms with Crippen LogP contribution in [0.2, 0.25) is 0 Å². The van der Waals surface area contributed by atoms with Crippen LogP contribution >= 0.6 is 11.3 Å². The molecule has 0 radical (unpaired) electrons. The van der Waals surface area contributed by atoms with Gasteiger partial charge in [0.05, 0.1) is 11.7 Å². The van der Waals surface area contributed by atoms with Gasteiger partial charge < -0.3 is 10.5 Å². The van der Waals surface area contributed by atoms with Crippen LogP contribution in [-0.4, -0.2) is 29.6 Å². The van der Waals surface area contributed by atoms with Crippen molar-refractivity contribution in [2.75, 3.05) is 12.3 Å². The summed E-state index contributed by atoms with van der Waals surface area (Å²) in [6.07, 6.45) is 0.766. The van der Waals surface area contributed by atoms with Crippen LogP contribution in [0.15, 0.2) is 0 Å². The maximum atomic E-state index is 12.1. The summed E-state index contributed by atoms with van der Waals surface area (Å²) < 4.78 is 5.29. The van der Waals surface area contributed by atoms with E-state index >= 15 is 0 Å². The molecule has 2 heterocycles. The molecule has 2 rings (SSSR count). The van der Waals surface area contributed by atoms with Crippen LogP contribution in [0.3, 0.4) is 0 Å². The second-order valence-electron chi connectivity index (χ2n) is 5.51. The molecule has 0 aromatic carbocycles. The number of fused-ring (bicyclic) bond motifs is 1. The summed E-state index contributed by atoms with van der Waals surface area (Å²) in [6.45, 7) is 9.95. The lowest BCUT2D eigenvalue weighted by molar-refractivity contribution is 0.0377. The van der Waals surface area contributed by atoms with Gasteiger partial charge in [-0.25, -0.2) is 4.79 Å². The van der Waals surface area contributed by atoms with Crippen molar-refractivity contribution in [3.63, 3.8) is 0 Å². The van der Waals surface area contributed by atoms with Crippen LogP contribution in [0.1, 0.15) is 48.5 Å². The first kappa shape index (κ1) is 14.3. The Balaban J connectivity index is 2.27. The number of carbonyl (C=O) groups excluding carboxylic acids is 1. The van der Waals surface area contributed by atoms with E-state index in [1.165, 1.54) is 16.2 Å². The van der Waals surface area contributed by atoms with Gasteiger partial charge in [-0.1, -0.05) is 0 Å². The zero-order chi connectivity index (χ0) is 14.2. The molecule has 0 bridgehead atoms. The van der Waals surface area contributed by atoms with Crippen molar-refractivity contribution in [1.82, 2.24) is 4.90 Å². The van der Waals surface area contributed by atoms with E-state index in [1.807, 2.05) is 13.8 Å². The molecule has 19 heavy (non-hydrogen) atoms. The number of carbonyl (C=O) groups is 1. The predicted octanol–water partition coefficient (Wildman–Crippen LogP) is 2.66. The number of nitrogens with zero attached hydrogens (tertiary/aromatic N) is 1. The molecule has 0 saturated heterocycles. The highest BCUT2D eigenvalue weighted by molar-refractivity contribution is 7.16. The Kier molecular flexibility index (Phi) is 4.16. The average molecular weight is 282 g/mol. The highest BCUT2D eigenvalue weighted by Gasteiger charge is 2.28. The van der Waals surface area contributed by atoms with Crippen LogP contribution < -0.4 is 5.73 Å². The topological polar surface area (TPSA) is 55.6 Å². The molecular formula is C14H22N2O2S. The molecule has 4 nitrogen and oxygen atoms in total. The van der Waals surface area contributed by atoms with Crippen molar-refractivity contribution in [3.05, 3.63) is 16.0 Å². The quantitative estimate of drug-likeness (QED) is 0.866. The zero-order valence-corrected chi connectivity index (χ0v) is 12.8. The number of nitrogen functional groups attached to an aromatic ring is 1. The maximum Gasteiger partial charge on any atom is 0.341 e. The van der Waals surface area contributed by atoms with Gasteiger partial charge in [-0.3, -0.25) is 4.90 Å². The van der Waals surface area contributed by atoms with Crippen LogP contribution in [0.25, 0.3) is 0 Å². The smallest absolute Gasteiger partial charge is 0.341 e. The molecule has 1 aliphatic rings. The predicted molar refractivity (Wildman–Crippen MR) is 78.5 cm³/mol. The molecule has 0 spiro atoms. The average Bonchev–Trinajstić information content (AvgIpc) is 2.62. The Morgan fingerprint density at radius 3 is 2.63 bits per heavy atom. The Morgan fingerprint density at radius 1 is 1.37 bits per heavy atom. The molecule has 0 fully saturated rings. The van der Waals surface area contributed by atoms with E-state index in [0.717, 1.165) is 25.1 Å². The summed E-state index contributed by atoms with van der Waals surface area (Å²) >= 11 is 1.53. The summed E-state index contributed by atoms with van der Waals surface area (Å²) in [5.41, 5.74) is 7.73. The molecular weight excluding hydrogens is 260 g/mol. The van der Waals surface area contributed by atoms with Gasteiger partial charge in [0.15, 0.2) is 0 Å². The van der Waals surface area contributed by atoms with Crippen LogP contribution in [0.4, 0.5) is 5.00 Å². The summed E-state index contributed by atoms with van der Waals surface area (Å²) in [5.74, 6) is -0.275. The van der Waals surface area contributed by atoms with Crippen molar-refractivity contribution >= 4 is 22.3 Å². The summed E-state index contributed by atoms with van der Waals surface area (Å²) in [6, 6.07) is 0.516. The first-order valence-electron chi connectivity index (χ1n) is 6.75. The Labute approximate surface area is 118 Å². The molecule has 0 unspecified atom stereocenters. The highest BCUT2D eigenvalue weighted by atomic mass is 32.1. The largest absolute Gasteiger partial charge is 0.459 e. The number of esters is 1. The van der Waals surface area contributed by atoms with Crippen LogP contribution in [-0.2, 0) is 17.7 Å². The lowest BCUT2D eigenvalue weighted by Gasteiger charge is -2.30. The lowest BCUT2D eigenvalue weighted by Crippen LogP contribution is -2.35. The van der Waals surface area contributed by atoms with E-state index in [-0.39, 0.29) is 12.1 Å². The molecule has 0 saturated carbocycles. The third-order valence-corrected chi connectivity index (χ3v) is 4.44. The number of thiophene rings is 1. The second-order valence-corrected chi connectivity index (χ2v) is 6.65. The van der Waals surface area contributed by atoms with Gasteiger partial charge in [-0.15, -0.1) is 11.3 Å². The number of rotatable bonds is 3. The summed E-state index contributed by atoms with van der Waals surface area (Å²) in [4.78, 5) is 15.7. The van der Waals surface area contributed by atoms with Crippen molar-refractivity contribution in [1.29, 1.82) is 0 Å². The molecule has 0 amide bonds. The van der Waals surface area contributed by atoms with Gasteiger partial charge in [-0.2, -0.15) is 0 Å². The molecule has 5 heteroatoms. The minimum Gasteiger partial charge on any atom is -0.459 e. The summed E-state index contributed by atoms with van der Waals surface area (Å²) in [5, 5.41) is 0.598. The SMILES string of the molecule is CC(C)OC(=O)c1c(N)sc2c1CCN(C(C)C)C2. The number of ether oxygens (including phenoxy) is 1. The Hall–Kier alpha value is -1.07. The van der Waals surface area contributed by atoms with Crippen molar-refractivity contribution in [2.24, 2.45) is 0 Å². The third-order valence-electron chi connectivity index (χ3n) is 3.39. The Morgan fingerprint density at radius 2 is 2.05 bits per heavy atom. The van der Waals surface area contributed by atoms with Gasteiger partial charge in [0.1, 0.15) is 5.00 Å². The first-order chi connectivity index (χ1) is 8.90. The van der Waals surface area contributed by atoms with E-state index in [0.29, 0.717) is 16.6 Å². The first-order valence-corrected chi connectivity index (χ1v) is 7.56. The minimum absolute atomic E-state index is 0.113. The fourth-order valence-corrected chi connectivity index (χ4v) is 3.51. The molecule has 106 valence electrons. The van der Waals surface area contributed by atoms with E-state index in [9.17, 15) is 4.79 Å². The minimum atomic E-state index is -0.275. The van der Waals surface area contributed by atoms with Crippen LogP contribution in [0, 0.1) is 0 Å². The standard InChI is InChI=1S/C14H22N2O2S/c1-8(2)16-6-5-10-11(7-16)19-13(15)12(10)14(17)18-9(3)4/h8-9H,5-7,15H2,1-4H3. The number of hydrogen-bond acceptors (Lipinski definition) is 5. The molecule has 1 aromatic rings. The highest BCUT2D eigenvalue weighted by Crippen LogP contribution is 2.36. The van der Waals surface area contributed by atoms with Gasteiger partial charge >= 0.3 is 5.97 Å². The number of anilines is 1. The van der Waals surface area contributed by atoms with Crippen molar-refractivity contribution in [2.45, 2.75) is 52.8 Å². The van der Waals surface area contributed by atoms with Gasteiger partial charge in [-0.05, 0) is 39.7 Å². The molecule has 0 atom stereocenters. The normalized spacial score (nSPS) is 15.9. The van der Waals surface area contributed by atoms with Gasteiger partial charge in [0, 0.05) is 24.0 Å². The zero-order valence-electron chi connectivity index (χ0n) is 12.0. The molecule has 0 aliphatic carbocycles. The molecule has 1 aromatic heterocycles. The third kappa shape index (κ3) is 2.92. The fraction of sp³-hybridized carbons (Fsp3) is 0.643. The van der Waals surface area contributed by atoms with E-state index in [4.69, 9.17) is 10.5 Å². The Bertz CT molecular complexity index is 480. The van der Waals surface area contributed by atoms with Crippen LogP contribution in [0.5, 0.6) is 0 Å². The number of nitrogens with two attached hydrogens (primary N) is 1. The van der Waals surface area contributed by atoms with Gasteiger partial charge in [0.25, 0.3) is 0 Å². The van der Waals surface area contributed by atoms with E-state index in [2.05, 4.69) is 18.7 Å².